The first-order valence-corrected chi connectivity index (χ1v) is 7.59. The SMILES string of the molecule is N#Cc1cccc(NCC(=O)N2CCOc3c(F)cccc3C2)c1. The Morgan fingerprint density at radius 1 is 1.33 bits per heavy atom. The van der Waals surface area contributed by atoms with Crippen LogP contribution in [-0.4, -0.2) is 30.5 Å². The van der Waals surface area contributed by atoms with Crippen molar-refractivity contribution in [2.75, 3.05) is 25.0 Å². The van der Waals surface area contributed by atoms with Gasteiger partial charge in [-0.3, -0.25) is 4.79 Å². The molecule has 0 radical (unpaired) electrons. The maximum atomic E-state index is 13.8. The van der Waals surface area contributed by atoms with Crippen LogP contribution in [0.3, 0.4) is 0 Å². The number of amides is 1. The highest BCUT2D eigenvalue weighted by atomic mass is 19.1. The van der Waals surface area contributed by atoms with Crippen LogP contribution in [0, 0.1) is 17.1 Å². The molecule has 6 heteroatoms. The Balaban J connectivity index is 1.66. The van der Waals surface area contributed by atoms with Crippen LogP contribution in [0.2, 0.25) is 0 Å². The van der Waals surface area contributed by atoms with Crippen molar-refractivity contribution in [1.29, 1.82) is 5.26 Å². The van der Waals surface area contributed by atoms with E-state index in [1.807, 2.05) is 0 Å². The number of halogens is 1. The Kier molecular flexibility index (Phi) is 4.62. The van der Waals surface area contributed by atoms with Crippen molar-refractivity contribution in [3.05, 3.63) is 59.4 Å². The quantitative estimate of drug-likeness (QED) is 0.942. The van der Waals surface area contributed by atoms with Gasteiger partial charge >= 0.3 is 0 Å². The van der Waals surface area contributed by atoms with E-state index in [1.54, 1.807) is 41.3 Å². The largest absolute Gasteiger partial charge is 0.488 e. The molecular weight excluding hydrogens is 309 g/mol. The molecular formula is C18H16FN3O2. The summed E-state index contributed by atoms with van der Waals surface area (Å²) in [4.78, 5) is 14.1. The number of hydrogen-bond acceptors (Lipinski definition) is 4. The average Bonchev–Trinajstić information content (AvgIpc) is 2.83. The summed E-state index contributed by atoms with van der Waals surface area (Å²) in [6, 6.07) is 13.7. The summed E-state index contributed by atoms with van der Waals surface area (Å²) in [5, 5.41) is 11.9. The van der Waals surface area contributed by atoms with Crippen LogP contribution in [-0.2, 0) is 11.3 Å². The number of nitrogens with one attached hydrogen (secondary N) is 1. The van der Waals surface area contributed by atoms with Gasteiger partial charge in [0.15, 0.2) is 11.6 Å². The number of para-hydroxylation sites is 1. The molecule has 2 aromatic carbocycles. The molecule has 2 aromatic rings. The van der Waals surface area contributed by atoms with Crippen LogP contribution in [0.4, 0.5) is 10.1 Å². The number of carbonyl (C=O) groups excluding carboxylic acids is 1. The normalized spacial score (nSPS) is 13.2. The molecule has 0 saturated carbocycles. The van der Waals surface area contributed by atoms with E-state index in [2.05, 4.69) is 11.4 Å². The van der Waals surface area contributed by atoms with E-state index in [0.29, 0.717) is 29.9 Å². The minimum Gasteiger partial charge on any atom is -0.488 e. The summed E-state index contributed by atoms with van der Waals surface area (Å²) in [5.41, 5.74) is 1.90. The third-order valence-electron chi connectivity index (χ3n) is 3.81. The maximum absolute atomic E-state index is 13.8. The van der Waals surface area contributed by atoms with E-state index in [0.717, 1.165) is 0 Å². The van der Waals surface area contributed by atoms with Crippen molar-refractivity contribution in [2.45, 2.75) is 6.54 Å². The van der Waals surface area contributed by atoms with Gasteiger partial charge < -0.3 is 15.0 Å². The molecule has 0 unspecified atom stereocenters. The second-order valence-electron chi connectivity index (χ2n) is 5.44. The number of nitriles is 1. The zero-order chi connectivity index (χ0) is 16.9. The third kappa shape index (κ3) is 3.46. The molecule has 122 valence electrons. The molecule has 1 N–H and O–H groups in total. The molecule has 0 aliphatic carbocycles. The van der Waals surface area contributed by atoms with Gasteiger partial charge in [0.05, 0.1) is 24.7 Å². The first kappa shape index (κ1) is 15.8. The number of carbonyl (C=O) groups is 1. The fourth-order valence-electron chi connectivity index (χ4n) is 2.58. The number of rotatable bonds is 3. The zero-order valence-electron chi connectivity index (χ0n) is 13.0. The van der Waals surface area contributed by atoms with Gasteiger partial charge in [0.25, 0.3) is 0 Å². The molecule has 0 spiro atoms. The summed E-state index contributed by atoms with van der Waals surface area (Å²) >= 11 is 0. The lowest BCUT2D eigenvalue weighted by atomic mass is 10.2. The van der Waals surface area contributed by atoms with Crippen molar-refractivity contribution in [3.8, 4) is 11.8 Å². The van der Waals surface area contributed by atoms with Crippen molar-refractivity contribution in [1.82, 2.24) is 4.90 Å². The molecule has 0 aromatic heterocycles. The first-order valence-electron chi connectivity index (χ1n) is 7.59. The van der Waals surface area contributed by atoms with Gasteiger partial charge in [-0.05, 0) is 24.3 Å². The van der Waals surface area contributed by atoms with Gasteiger partial charge in [-0.25, -0.2) is 4.39 Å². The molecule has 1 aliphatic rings. The smallest absolute Gasteiger partial charge is 0.242 e. The fourth-order valence-corrected chi connectivity index (χ4v) is 2.58. The lowest BCUT2D eigenvalue weighted by molar-refractivity contribution is -0.130. The van der Waals surface area contributed by atoms with Crippen LogP contribution in [0.25, 0.3) is 0 Å². The van der Waals surface area contributed by atoms with Crippen molar-refractivity contribution >= 4 is 11.6 Å². The molecule has 5 nitrogen and oxygen atoms in total. The van der Waals surface area contributed by atoms with Crippen molar-refractivity contribution in [3.63, 3.8) is 0 Å². The maximum Gasteiger partial charge on any atom is 0.242 e. The number of hydrogen-bond donors (Lipinski definition) is 1. The van der Waals surface area contributed by atoms with E-state index in [-0.39, 0.29) is 24.8 Å². The lowest BCUT2D eigenvalue weighted by Crippen LogP contribution is -2.36. The Morgan fingerprint density at radius 3 is 3.00 bits per heavy atom. The monoisotopic (exact) mass is 325 g/mol. The van der Waals surface area contributed by atoms with Gasteiger partial charge in [-0.15, -0.1) is 0 Å². The number of ether oxygens (including phenoxy) is 1. The number of benzene rings is 2. The minimum atomic E-state index is -0.409. The standard InChI is InChI=1S/C18H16FN3O2/c19-16-6-2-4-14-12-22(7-8-24-18(14)16)17(23)11-21-15-5-1-3-13(9-15)10-20/h1-6,9,21H,7-8,11-12H2. The Labute approximate surface area is 139 Å². The lowest BCUT2D eigenvalue weighted by Gasteiger charge is -2.20. The molecule has 3 rings (SSSR count). The Bertz CT molecular complexity index is 801. The highest BCUT2D eigenvalue weighted by molar-refractivity contribution is 5.81. The van der Waals surface area contributed by atoms with Crippen LogP contribution in [0.15, 0.2) is 42.5 Å². The second-order valence-corrected chi connectivity index (χ2v) is 5.44. The van der Waals surface area contributed by atoms with Gasteiger partial charge in [-0.1, -0.05) is 18.2 Å². The number of anilines is 1. The molecule has 1 heterocycles. The molecule has 0 saturated heterocycles. The Morgan fingerprint density at radius 2 is 2.17 bits per heavy atom. The highest BCUT2D eigenvalue weighted by Gasteiger charge is 2.21. The van der Waals surface area contributed by atoms with E-state index in [1.165, 1.54) is 6.07 Å². The van der Waals surface area contributed by atoms with Gasteiger partial charge in [0.1, 0.15) is 6.61 Å². The van der Waals surface area contributed by atoms with Crippen molar-refractivity contribution in [2.24, 2.45) is 0 Å². The van der Waals surface area contributed by atoms with Gasteiger partial charge in [0.2, 0.25) is 5.91 Å². The topological polar surface area (TPSA) is 65.4 Å². The molecule has 0 fully saturated rings. The fraction of sp³-hybridized carbons (Fsp3) is 0.222. The first-order chi connectivity index (χ1) is 11.7. The summed E-state index contributed by atoms with van der Waals surface area (Å²) in [6.45, 7) is 1.06. The summed E-state index contributed by atoms with van der Waals surface area (Å²) < 4.78 is 19.2. The number of nitrogens with zero attached hydrogens (tertiary/aromatic N) is 2. The van der Waals surface area contributed by atoms with Crippen LogP contribution in [0.1, 0.15) is 11.1 Å². The van der Waals surface area contributed by atoms with Gasteiger partial charge in [-0.2, -0.15) is 5.26 Å². The van der Waals surface area contributed by atoms with Gasteiger partial charge in [0, 0.05) is 17.8 Å². The summed E-state index contributed by atoms with van der Waals surface area (Å²) in [7, 11) is 0. The molecule has 1 aliphatic heterocycles. The van der Waals surface area contributed by atoms with Crippen LogP contribution in [0.5, 0.6) is 5.75 Å². The minimum absolute atomic E-state index is 0.0968. The van der Waals surface area contributed by atoms with E-state index in [4.69, 9.17) is 10.00 Å². The molecule has 1 amide bonds. The van der Waals surface area contributed by atoms with E-state index < -0.39 is 5.82 Å². The second kappa shape index (κ2) is 7.01. The van der Waals surface area contributed by atoms with E-state index in [9.17, 15) is 9.18 Å². The average molecular weight is 325 g/mol. The Hall–Kier alpha value is -3.07. The zero-order valence-corrected chi connectivity index (χ0v) is 13.0. The number of fused-ring (bicyclic) bond motifs is 1. The highest BCUT2D eigenvalue weighted by Crippen LogP contribution is 2.26. The third-order valence-corrected chi connectivity index (χ3v) is 3.81. The predicted octanol–water partition coefficient (Wildman–Crippen LogP) is 2.53. The molecule has 24 heavy (non-hydrogen) atoms. The van der Waals surface area contributed by atoms with Crippen LogP contribution >= 0.6 is 0 Å². The predicted molar refractivity (Wildman–Crippen MR) is 87.0 cm³/mol. The van der Waals surface area contributed by atoms with E-state index >= 15 is 0 Å². The molecule has 0 bridgehead atoms. The molecule has 0 atom stereocenters. The van der Waals surface area contributed by atoms with Crippen molar-refractivity contribution < 1.29 is 13.9 Å². The summed E-state index contributed by atoms with van der Waals surface area (Å²) in [6.07, 6.45) is 0. The van der Waals surface area contributed by atoms with Crippen LogP contribution < -0.4 is 10.1 Å². The summed E-state index contributed by atoms with van der Waals surface area (Å²) in [5.74, 6) is -0.297.